The number of ether oxygens (including phenoxy) is 1. The lowest BCUT2D eigenvalue weighted by Crippen LogP contribution is -2.43. The molecule has 2 aromatic carbocycles. The quantitative estimate of drug-likeness (QED) is 0.513. The molecule has 1 unspecified atom stereocenters. The molecule has 6 nitrogen and oxygen atoms in total. The first kappa shape index (κ1) is 22.7. The van der Waals surface area contributed by atoms with Crippen molar-refractivity contribution < 1.29 is 13.9 Å². The molecule has 0 bridgehead atoms. The molecule has 7 heteroatoms. The van der Waals surface area contributed by atoms with Crippen molar-refractivity contribution in [2.45, 2.75) is 18.9 Å². The monoisotopic (exact) mass is 448 g/mol. The molecule has 1 aliphatic rings. The minimum absolute atomic E-state index is 0.00272. The summed E-state index contributed by atoms with van der Waals surface area (Å²) in [5, 5.41) is 3.14. The Bertz CT molecular complexity index is 1040. The van der Waals surface area contributed by atoms with Crippen LogP contribution in [-0.4, -0.2) is 42.0 Å². The van der Waals surface area contributed by atoms with Crippen LogP contribution in [0.15, 0.2) is 72.9 Å². The van der Waals surface area contributed by atoms with Gasteiger partial charge in [0, 0.05) is 18.7 Å². The molecule has 1 atom stereocenters. The Balaban J connectivity index is 1.30. The lowest BCUT2D eigenvalue weighted by Gasteiger charge is -2.32. The molecular formula is C26H29FN4O2. The molecule has 1 saturated heterocycles. The van der Waals surface area contributed by atoms with E-state index in [9.17, 15) is 9.18 Å². The lowest BCUT2D eigenvalue weighted by atomic mass is 9.94. The standard InChI is InChI=1S/C26H29FN4O2/c27-21-10-8-19(9-11-21)25(23-6-3-4-14-29-23)30-26(32)20-12-15-31(16-13-20)17-18-33-24-7-2-1-5-22(24)28/h1-11,14,20,25H,12-13,15-18,28H2,(H,30,32). The normalized spacial score (nSPS) is 15.7. The first-order valence-electron chi connectivity index (χ1n) is 11.3. The molecule has 0 saturated carbocycles. The summed E-state index contributed by atoms with van der Waals surface area (Å²) in [7, 11) is 0. The molecule has 3 N–H and O–H groups in total. The number of amides is 1. The summed E-state index contributed by atoms with van der Waals surface area (Å²) in [5.74, 6) is 0.325. The highest BCUT2D eigenvalue weighted by Gasteiger charge is 2.27. The van der Waals surface area contributed by atoms with E-state index >= 15 is 0 Å². The van der Waals surface area contributed by atoms with E-state index in [2.05, 4.69) is 15.2 Å². The highest BCUT2D eigenvalue weighted by atomic mass is 19.1. The maximum atomic E-state index is 13.4. The largest absolute Gasteiger partial charge is 0.490 e. The molecule has 1 fully saturated rings. The molecule has 0 spiro atoms. The maximum absolute atomic E-state index is 13.4. The van der Waals surface area contributed by atoms with E-state index in [1.165, 1.54) is 12.1 Å². The van der Waals surface area contributed by atoms with Gasteiger partial charge in [0.05, 0.1) is 17.4 Å². The third kappa shape index (κ3) is 6.08. The second-order valence-corrected chi connectivity index (χ2v) is 8.25. The van der Waals surface area contributed by atoms with Gasteiger partial charge in [-0.15, -0.1) is 0 Å². The molecule has 0 radical (unpaired) electrons. The zero-order valence-corrected chi connectivity index (χ0v) is 18.5. The number of hydrogen-bond donors (Lipinski definition) is 2. The van der Waals surface area contributed by atoms with Gasteiger partial charge < -0.3 is 15.8 Å². The van der Waals surface area contributed by atoms with E-state index in [1.807, 2.05) is 42.5 Å². The molecule has 1 aliphatic heterocycles. The molecule has 1 amide bonds. The number of hydrogen-bond acceptors (Lipinski definition) is 5. The summed E-state index contributed by atoms with van der Waals surface area (Å²) >= 11 is 0. The van der Waals surface area contributed by atoms with Crippen LogP contribution in [-0.2, 0) is 4.79 Å². The van der Waals surface area contributed by atoms with Crippen LogP contribution in [0.4, 0.5) is 10.1 Å². The van der Waals surface area contributed by atoms with Crippen LogP contribution in [0, 0.1) is 11.7 Å². The van der Waals surface area contributed by atoms with Gasteiger partial charge in [0.15, 0.2) is 0 Å². The third-order valence-corrected chi connectivity index (χ3v) is 6.02. The van der Waals surface area contributed by atoms with Gasteiger partial charge in [0.2, 0.25) is 5.91 Å². The minimum Gasteiger partial charge on any atom is -0.490 e. The second kappa shape index (κ2) is 10.9. The average molecular weight is 449 g/mol. The van der Waals surface area contributed by atoms with Crippen LogP contribution < -0.4 is 15.8 Å². The molecule has 3 aromatic rings. The zero-order chi connectivity index (χ0) is 23.0. The first-order chi connectivity index (χ1) is 16.1. The van der Waals surface area contributed by atoms with Gasteiger partial charge in [0.25, 0.3) is 0 Å². The fourth-order valence-electron chi connectivity index (χ4n) is 4.11. The molecule has 1 aromatic heterocycles. The number of carbonyl (C=O) groups excluding carboxylic acids is 1. The molecule has 4 rings (SSSR count). The number of aromatic nitrogens is 1. The van der Waals surface area contributed by atoms with Gasteiger partial charge in [0.1, 0.15) is 18.2 Å². The molecule has 0 aliphatic carbocycles. The summed E-state index contributed by atoms with van der Waals surface area (Å²) < 4.78 is 19.2. The number of nitrogens with one attached hydrogen (secondary N) is 1. The third-order valence-electron chi connectivity index (χ3n) is 6.02. The zero-order valence-electron chi connectivity index (χ0n) is 18.5. The van der Waals surface area contributed by atoms with Crippen molar-refractivity contribution in [1.82, 2.24) is 15.2 Å². The first-order valence-corrected chi connectivity index (χ1v) is 11.3. The Labute approximate surface area is 193 Å². The fourth-order valence-corrected chi connectivity index (χ4v) is 4.11. The molecule has 2 heterocycles. The van der Waals surface area contributed by atoms with Crippen LogP contribution in [0.1, 0.15) is 30.1 Å². The van der Waals surface area contributed by atoms with Crippen molar-refractivity contribution in [3.8, 4) is 5.75 Å². The van der Waals surface area contributed by atoms with Crippen molar-refractivity contribution in [2.75, 3.05) is 32.0 Å². The van der Waals surface area contributed by atoms with Gasteiger partial charge in [-0.05, 0) is 67.9 Å². The van der Waals surface area contributed by atoms with Gasteiger partial charge in [-0.25, -0.2) is 4.39 Å². The highest BCUT2D eigenvalue weighted by molar-refractivity contribution is 5.79. The average Bonchev–Trinajstić information content (AvgIpc) is 2.85. The minimum atomic E-state index is -0.415. The van der Waals surface area contributed by atoms with E-state index in [1.54, 1.807) is 18.3 Å². The number of piperidine rings is 1. The topological polar surface area (TPSA) is 80.5 Å². The van der Waals surface area contributed by atoms with Gasteiger partial charge in [-0.3, -0.25) is 14.7 Å². The van der Waals surface area contributed by atoms with E-state index in [0.717, 1.165) is 43.7 Å². The van der Waals surface area contributed by atoms with Crippen LogP contribution in [0.5, 0.6) is 5.75 Å². The van der Waals surface area contributed by atoms with E-state index in [4.69, 9.17) is 10.5 Å². The number of benzene rings is 2. The predicted octanol–water partition coefficient (Wildman–Crippen LogP) is 3.80. The highest BCUT2D eigenvalue weighted by Crippen LogP contribution is 2.24. The van der Waals surface area contributed by atoms with Crippen molar-refractivity contribution in [2.24, 2.45) is 5.92 Å². The van der Waals surface area contributed by atoms with E-state index in [0.29, 0.717) is 18.0 Å². The number of carbonyl (C=O) groups is 1. The number of nitrogens with zero attached hydrogens (tertiary/aromatic N) is 2. The second-order valence-electron chi connectivity index (χ2n) is 8.25. The smallest absolute Gasteiger partial charge is 0.224 e. The lowest BCUT2D eigenvalue weighted by molar-refractivity contribution is -0.127. The number of nitrogens with two attached hydrogens (primary N) is 1. The van der Waals surface area contributed by atoms with Crippen LogP contribution in [0.25, 0.3) is 0 Å². The van der Waals surface area contributed by atoms with Gasteiger partial charge in [-0.2, -0.15) is 0 Å². The van der Waals surface area contributed by atoms with Gasteiger partial charge >= 0.3 is 0 Å². The molecule has 33 heavy (non-hydrogen) atoms. The summed E-state index contributed by atoms with van der Waals surface area (Å²) in [4.78, 5) is 19.8. The summed E-state index contributed by atoms with van der Waals surface area (Å²) in [5.41, 5.74) is 8.08. The Morgan fingerprint density at radius 1 is 1.09 bits per heavy atom. The number of pyridine rings is 1. The van der Waals surface area contributed by atoms with Crippen molar-refractivity contribution >= 4 is 11.6 Å². The number of rotatable bonds is 8. The van der Waals surface area contributed by atoms with Crippen molar-refractivity contribution in [1.29, 1.82) is 0 Å². The van der Waals surface area contributed by atoms with E-state index < -0.39 is 6.04 Å². The SMILES string of the molecule is Nc1ccccc1OCCN1CCC(C(=O)NC(c2ccc(F)cc2)c2ccccn2)CC1. The Morgan fingerprint density at radius 2 is 1.82 bits per heavy atom. The predicted molar refractivity (Wildman–Crippen MR) is 126 cm³/mol. The summed E-state index contributed by atoms with van der Waals surface area (Å²) in [6.07, 6.45) is 3.25. The van der Waals surface area contributed by atoms with Crippen LogP contribution >= 0.6 is 0 Å². The summed E-state index contributed by atoms with van der Waals surface area (Å²) in [6.45, 7) is 3.00. The van der Waals surface area contributed by atoms with Gasteiger partial charge in [-0.1, -0.05) is 30.3 Å². The Morgan fingerprint density at radius 3 is 2.52 bits per heavy atom. The molecule has 172 valence electrons. The van der Waals surface area contributed by atoms with Crippen LogP contribution in [0.3, 0.4) is 0 Å². The number of likely N-dealkylation sites (tertiary alicyclic amines) is 1. The number of para-hydroxylation sites is 2. The van der Waals surface area contributed by atoms with Crippen molar-refractivity contribution in [3.63, 3.8) is 0 Å². The van der Waals surface area contributed by atoms with Crippen LogP contribution in [0.2, 0.25) is 0 Å². The maximum Gasteiger partial charge on any atom is 0.224 e. The number of anilines is 1. The number of nitrogen functional groups attached to an aromatic ring is 1. The number of halogens is 1. The Kier molecular flexibility index (Phi) is 7.52. The molecular weight excluding hydrogens is 419 g/mol. The van der Waals surface area contributed by atoms with E-state index in [-0.39, 0.29) is 17.6 Å². The summed E-state index contributed by atoms with van der Waals surface area (Å²) in [6, 6.07) is 18.8. The van der Waals surface area contributed by atoms with Crippen molar-refractivity contribution in [3.05, 3.63) is 90.0 Å². The fraction of sp³-hybridized carbons (Fsp3) is 0.308. The Hall–Kier alpha value is -3.45.